The predicted molar refractivity (Wildman–Crippen MR) is 112 cm³/mol. The summed E-state index contributed by atoms with van der Waals surface area (Å²) in [5.41, 5.74) is 6.36. The van der Waals surface area contributed by atoms with E-state index in [4.69, 9.17) is 15.6 Å². The van der Waals surface area contributed by atoms with E-state index in [1.807, 2.05) is 57.3 Å². The van der Waals surface area contributed by atoms with Crippen LogP contribution in [0.15, 0.2) is 30.3 Å². The van der Waals surface area contributed by atoms with Crippen LogP contribution in [0.3, 0.4) is 0 Å². The van der Waals surface area contributed by atoms with Crippen molar-refractivity contribution < 1.29 is 19.7 Å². The molecule has 0 saturated heterocycles. The lowest BCUT2D eigenvalue weighted by molar-refractivity contribution is -0.138. The number of aromatic hydroxyl groups is 1. The van der Waals surface area contributed by atoms with Crippen LogP contribution in [-0.2, 0) is 11.2 Å². The number of ether oxygens (including phenoxy) is 1. The number of phenols is 1. The molecule has 0 fully saturated rings. The monoisotopic (exact) mass is 651 g/mol. The summed E-state index contributed by atoms with van der Waals surface area (Å²) in [6.07, 6.45) is 0.229. The van der Waals surface area contributed by atoms with Crippen LogP contribution in [0.25, 0.3) is 0 Å². The van der Waals surface area contributed by atoms with Gasteiger partial charge < -0.3 is 20.7 Å². The third-order valence-corrected chi connectivity index (χ3v) is 5.52. The summed E-state index contributed by atoms with van der Waals surface area (Å²) in [6.45, 7) is 0. The largest absolute Gasteiger partial charge is 0.506 e. The van der Waals surface area contributed by atoms with Gasteiger partial charge in [-0.25, -0.2) is 0 Å². The van der Waals surface area contributed by atoms with E-state index in [2.05, 4.69) is 22.6 Å². The Bertz CT molecular complexity index is 728. The lowest BCUT2D eigenvalue weighted by atomic mass is 10.1. The Morgan fingerprint density at radius 1 is 1.13 bits per heavy atom. The third-order valence-electron chi connectivity index (χ3n) is 2.99. The SMILES string of the molecule is N[C@@H](Cc1ccc(I)c(Oc2cc(I)c(O)c(I)c2)c1)C(=O)O. The summed E-state index contributed by atoms with van der Waals surface area (Å²) >= 11 is 6.23. The van der Waals surface area contributed by atoms with E-state index in [9.17, 15) is 9.90 Å². The maximum absolute atomic E-state index is 10.9. The summed E-state index contributed by atoms with van der Waals surface area (Å²) in [4.78, 5) is 10.9. The van der Waals surface area contributed by atoms with Gasteiger partial charge in [-0.2, -0.15) is 0 Å². The Morgan fingerprint density at radius 2 is 1.74 bits per heavy atom. The highest BCUT2D eigenvalue weighted by Crippen LogP contribution is 2.34. The van der Waals surface area contributed by atoms with Crippen molar-refractivity contribution in [3.05, 3.63) is 46.6 Å². The number of carboxylic acids is 1. The second kappa shape index (κ2) is 8.16. The topological polar surface area (TPSA) is 92.8 Å². The Balaban J connectivity index is 2.27. The lowest BCUT2D eigenvalue weighted by Gasteiger charge is -2.12. The molecule has 0 spiro atoms. The van der Waals surface area contributed by atoms with Gasteiger partial charge in [-0.05, 0) is 104 Å². The molecule has 0 aromatic heterocycles. The number of carboxylic acid groups (broad SMARTS) is 1. The van der Waals surface area contributed by atoms with Crippen molar-refractivity contribution in [2.45, 2.75) is 12.5 Å². The molecule has 0 saturated carbocycles. The van der Waals surface area contributed by atoms with Crippen LogP contribution in [0.5, 0.6) is 17.2 Å². The number of hydrogen-bond acceptors (Lipinski definition) is 4. The Hall–Kier alpha value is -0.340. The average molecular weight is 651 g/mol. The minimum absolute atomic E-state index is 0.229. The van der Waals surface area contributed by atoms with Gasteiger partial charge in [-0.1, -0.05) is 6.07 Å². The molecule has 0 aliphatic carbocycles. The van der Waals surface area contributed by atoms with Crippen molar-refractivity contribution in [3.63, 3.8) is 0 Å². The van der Waals surface area contributed by atoms with Gasteiger partial charge >= 0.3 is 5.97 Å². The molecular weight excluding hydrogens is 639 g/mol. The molecule has 0 bridgehead atoms. The minimum Gasteiger partial charge on any atom is -0.506 e. The highest BCUT2D eigenvalue weighted by atomic mass is 127. The highest BCUT2D eigenvalue weighted by molar-refractivity contribution is 14.1. The van der Waals surface area contributed by atoms with Gasteiger partial charge in [0.25, 0.3) is 0 Å². The first-order valence-electron chi connectivity index (χ1n) is 6.40. The van der Waals surface area contributed by atoms with Crippen LogP contribution >= 0.6 is 67.8 Å². The smallest absolute Gasteiger partial charge is 0.320 e. The van der Waals surface area contributed by atoms with Gasteiger partial charge in [0.15, 0.2) is 0 Å². The molecule has 0 aliphatic heterocycles. The molecule has 2 aromatic carbocycles. The predicted octanol–water partition coefficient (Wildman–Crippen LogP) is 3.95. The number of phenolic OH excluding ortho intramolecular Hbond substituents is 1. The van der Waals surface area contributed by atoms with Crippen molar-refractivity contribution in [2.75, 3.05) is 0 Å². The normalized spacial score (nSPS) is 12.0. The highest BCUT2D eigenvalue weighted by Gasteiger charge is 2.14. The molecule has 4 N–H and O–H groups in total. The van der Waals surface area contributed by atoms with Crippen molar-refractivity contribution >= 4 is 73.7 Å². The molecule has 2 aromatic rings. The number of halogens is 3. The number of benzene rings is 2. The molecule has 0 radical (unpaired) electrons. The van der Waals surface area contributed by atoms with Gasteiger partial charge in [0.05, 0.1) is 10.7 Å². The summed E-state index contributed by atoms with van der Waals surface area (Å²) in [6, 6.07) is 8.02. The van der Waals surface area contributed by atoms with Crippen molar-refractivity contribution in [3.8, 4) is 17.2 Å². The number of nitrogens with two attached hydrogens (primary N) is 1. The zero-order chi connectivity index (χ0) is 17.1. The van der Waals surface area contributed by atoms with Crippen LogP contribution in [-0.4, -0.2) is 22.2 Å². The van der Waals surface area contributed by atoms with Gasteiger partial charge in [0.2, 0.25) is 0 Å². The van der Waals surface area contributed by atoms with Crippen molar-refractivity contribution in [1.29, 1.82) is 0 Å². The molecule has 5 nitrogen and oxygen atoms in total. The fraction of sp³-hybridized carbons (Fsp3) is 0.133. The second-order valence-corrected chi connectivity index (χ2v) is 8.24. The maximum Gasteiger partial charge on any atom is 0.320 e. The lowest BCUT2D eigenvalue weighted by Crippen LogP contribution is -2.32. The van der Waals surface area contributed by atoms with Gasteiger partial charge in [-0.3, -0.25) is 4.79 Å². The van der Waals surface area contributed by atoms with Crippen molar-refractivity contribution in [2.24, 2.45) is 5.73 Å². The minimum atomic E-state index is -1.03. The number of aliphatic carboxylic acids is 1. The molecule has 2 rings (SSSR count). The van der Waals surface area contributed by atoms with Gasteiger partial charge in [-0.15, -0.1) is 0 Å². The van der Waals surface area contributed by atoms with E-state index in [0.29, 0.717) is 18.6 Å². The fourth-order valence-electron chi connectivity index (χ4n) is 1.82. The van der Waals surface area contributed by atoms with E-state index in [1.54, 1.807) is 18.2 Å². The first-order valence-corrected chi connectivity index (χ1v) is 9.64. The summed E-state index contributed by atoms with van der Waals surface area (Å²) in [7, 11) is 0. The molecule has 0 heterocycles. The maximum atomic E-state index is 10.9. The number of rotatable bonds is 5. The quantitative estimate of drug-likeness (QED) is 0.427. The zero-order valence-corrected chi connectivity index (χ0v) is 18.1. The van der Waals surface area contributed by atoms with Crippen LogP contribution in [0, 0.1) is 10.7 Å². The van der Waals surface area contributed by atoms with Crippen molar-refractivity contribution in [1.82, 2.24) is 0 Å². The van der Waals surface area contributed by atoms with Crippen LogP contribution in [0.1, 0.15) is 5.56 Å². The van der Waals surface area contributed by atoms with Crippen LogP contribution in [0.2, 0.25) is 0 Å². The van der Waals surface area contributed by atoms with Crippen LogP contribution < -0.4 is 10.5 Å². The molecule has 8 heteroatoms. The Morgan fingerprint density at radius 3 is 2.30 bits per heavy atom. The molecule has 122 valence electrons. The summed E-state index contributed by atoms with van der Waals surface area (Å²) in [5.74, 6) is 0.426. The first-order chi connectivity index (χ1) is 10.8. The zero-order valence-electron chi connectivity index (χ0n) is 11.6. The number of hydrogen-bond donors (Lipinski definition) is 3. The van der Waals surface area contributed by atoms with E-state index in [-0.39, 0.29) is 12.2 Å². The fourth-order valence-corrected chi connectivity index (χ4v) is 3.98. The molecule has 1 atom stereocenters. The molecule has 0 aliphatic rings. The molecule has 0 unspecified atom stereocenters. The standard InChI is InChI=1S/C15H12I3NO4/c16-9-2-1-7(3-12(19)15(21)22)4-13(9)23-8-5-10(17)14(20)11(18)6-8/h1-2,4-6,12,20H,3,19H2,(H,21,22)/t12-/m0/s1. The van der Waals surface area contributed by atoms with E-state index < -0.39 is 12.0 Å². The summed E-state index contributed by atoms with van der Waals surface area (Å²) < 4.78 is 8.18. The first kappa shape index (κ1) is 19.0. The van der Waals surface area contributed by atoms with E-state index in [1.165, 1.54) is 0 Å². The molecular formula is C15H12I3NO4. The van der Waals surface area contributed by atoms with Gasteiger partial charge in [0.1, 0.15) is 23.3 Å². The summed E-state index contributed by atoms with van der Waals surface area (Å²) in [5, 5.41) is 18.7. The van der Waals surface area contributed by atoms with E-state index >= 15 is 0 Å². The molecule has 23 heavy (non-hydrogen) atoms. The molecule has 0 amide bonds. The Labute approximate surface area is 174 Å². The van der Waals surface area contributed by atoms with Gasteiger partial charge in [0, 0.05) is 0 Å². The van der Waals surface area contributed by atoms with Crippen LogP contribution in [0.4, 0.5) is 0 Å². The second-order valence-electron chi connectivity index (χ2n) is 4.75. The Kier molecular flexibility index (Phi) is 6.74. The number of carbonyl (C=O) groups is 1. The average Bonchev–Trinajstić information content (AvgIpc) is 2.48. The third kappa shape index (κ3) is 5.06. The van der Waals surface area contributed by atoms with E-state index in [0.717, 1.165) is 9.13 Å².